The Morgan fingerprint density at radius 3 is 2.42 bits per heavy atom. The SMILES string of the molecule is Cc1ccc(C(C)C)cc1S(=O)(=O)NCCN(C)C. The van der Waals surface area contributed by atoms with Gasteiger partial charge in [-0.05, 0) is 44.1 Å². The van der Waals surface area contributed by atoms with Crippen LogP contribution in [-0.2, 0) is 10.0 Å². The summed E-state index contributed by atoms with van der Waals surface area (Å²) in [7, 11) is 0.412. The summed E-state index contributed by atoms with van der Waals surface area (Å²) >= 11 is 0. The van der Waals surface area contributed by atoms with E-state index in [2.05, 4.69) is 18.6 Å². The van der Waals surface area contributed by atoms with E-state index in [1.165, 1.54) is 0 Å². The van der Waals surface area contributed by atoms with Crippen LogP contribution < -0.4 is 4.72 Å². The number of sulfonamides is 1. The highest BCUT2D eigenvalue weighted by molar-refractivity contribution is 7.89. The molecule has 0 aromatic heterocycles. The van der Waals surface area contributed by atoms with E-state index in [1.54, 1.807) is 6.07 Å². The summed E-state index contributed by atoms with van der Waals surface area (Å²) in [5, 5.41) is 0. The van der Waals surface area contributed by atoms with Gasteiger partial charge in [-0.3, -0.25) is 0 Å². The lowest BCUT2D eigenvalue weighted by Crippen LogP contribution is -2.31. The number of nitrogens with zero attached hydrogens (tertiary/aromatic N) is 1. The maximum Gasteiger partial charge on any atom is 0.240 e. The van der Waals surface area contributed by atoms with E-state index in [0.29, 0.717) is 23.9 Å². The highest BCUT2D eigenvalue weighted by atomic mass is 32.2. The fraction of sp³-hybridized carbons (Fsp3) is 0.571. The molecule has 0 bridgehead atoms. The predicted octanol–water partition coefficient (Wildman–Crippen LogP) is 1.96. The molecule has 0 aliphatic heterocycles. The average Bonchev–Trinajstić information content (AvgIpc) is 2.28. The summed E-state index contributed by atoms with van der Waals surface area (Å²) in [6.07, 6.45) is 0. The van der Waals surface area contributed by atoms with Crippen LogP contribution in [0.3, 0.4) is 0 Å². The van der Waals surface area contributed by atoms with Gasteiger partial charge in [-0.25, -0.2) is 13.1 Å². The minimum atomic E-state index is -3.42. The summed E-state index contributed by atoms with van der Waals surface area (Å²) in [6.45, 7) is 7.04. The third-order valence-corrected chi connectivity index (χ3v) is 4.62. The highest BCUT2D eigenvalue weighted by Gasteiger charge is 2.17. The normalized spacial score (nSPS) is 12.4. The molecule has 1 rings (SSSR count). The van der Waals surface area contributed by atoms with E-state index in [1.807, 2.05) is 38.1 Å². The molecule has 0 unspecified atom stereocenters. The Kier molecular flexibility index (Phi) is 5.52. The molecule has 1 aromatic carbocycles. The second-order valence-electron chi connectivity index (χ2n) is 5.38. The van der Waals surface area contributed by atoms with E-state index in [-0.39, 0.29) is 0 Å². The molecule has 0 fully saturated rings. The molecule has 1 N–H and O–H groups in total. The number of hydrogen-bond donors (Lipinski definition) is 1. The number of nitrogens with one attached hydrogen (secondary N) is 1. The quantitative estimate of drug-likeness (QED) is 0.869. The molecular formula is C14H24N2O2S. The summed E-state index contributed by atoms with van der Waals surface area (Å²) < 4.78 is 27.2. The van der Waals surface area contributed by atoms with Gasteiger partial charge in [-0.15, -0.1) is 0 Å². The third-order valence-electron chi connectivity index (χ3n) is 3.02. The van der Waals surface area contributed by atoms with Crippen LogP contribution in [0.25, 0.3) is 0 Å². The van der Waals surface area contributed by atoms with Gasteiger partial charge < -0.3 is 4.90 Å². The van der Waals surface area contributed by atoms with E-state index in [4.69, 9.17) is 0 Å². The fourth-order valence-electron chi connectivity index (χ4n) is 1.75. The van der Waals surface area contributed by atoms with Crippen LogP contribution in [0.15, 0.2) is 23.1 Å². The van der Waals surface area contributed by atoms with Crippen LogP contribution >= 0.6 is 0 Å². The molecule has 0 aliphatic carbocycles. The highest BCUT2D eigenvalue weighted by Crippen LogP contribution is 2.21. The zero-order chi connectivity index (χ0) is 14.6. The summed E-state index contributed by atoms with van der Waals surface area (Å²) in [6, 6.07) is 5.63. The van der Waals surface area contributed by atoms with Gasteiger partial charge in [-0.2, -0.15) is 0 Å². The van der Waals surface area contributed by atoms with Gasteiger partial charge in [0.05, 0.1) is 4.90 Å². The minimum Gasteiger partial charge on any atom is -0.308 e. The Labute approximate surface area is 116 Å². The molecule has 0 spiro atoms. The van der Waals surface area contributed by atoms with Gasteiger partial charge in [0.2, 0.25) is 10.0 Å². The van der Waals surface area contributed by atoms with Crippen molar-refractivity contribution in [2.45, 2.75) is 31.6 Å². The van der Waals surface area contributed by atoms with Crippen molar-refractivity contribution in [1.82, 2.24) is 9.62 Å². The summed E-state index contributed by atoms with van der Waals surface area (Å²) in [4.78, 5) is 2.33. The Hall–Kier alpha value is -0.910. The molecule has 0 saturated heterocycles. The van der Waals surface area contributed by atoms with Gasteiger partial charge in [0, 0.05) is 13.1 Å². The summed E-state index contributed by atoms with van der Waals surface area (Å²) in [5.74, 6) is 0.316. The third kappa shape index (κ3) is 4.60. The first-order valence-electron chi connectivity index (χ1n) is 6.49. The van der Waals surface area contributed by atoms with Crippen LogP contribution in [0, 0.1) is 6.92 Å². The number of benzene rings is 1. The summed E-state index contributed by atoms with van der Waals surface area (Å²) in [5.41, 5.74) is 1.82. The second kappa shape index (κ2) is 6.50. The monoisotopic (exact) mass is 284 g/mol. The molecule has 108 valence electrons. The Balaban J connectivity index is 2.97. The largest absolute Gasteiger partial charge is 0.308 e. The zero-order valence-corrected chi connectivity index (χ0v) is 13.2. The topological polar surface area (TPSA) is 49.4 Å². The Bertz CT molecular complexity index is 522. The lowest BCUT2D eigenvalue weighted by molar-refractivity contribution is 0.412. The molecule has 4 nitrogen and oxygen atoms in total. The standard InChI is InChI=1S/C14H24N2O2S/c1-11(2)13-7-6-12(3)14(10-13)19(17,18)15-8-9-16(4)5/h6-7,10-11,15H,8-9H2,1-5H3. The van der Waals surface area contributed by atoms with E-state index in [9.17, 15) is 8.42 Å². The predicted molar refractivity (Wildman–Crippen MR) is 79.0 cm³/mol. The molecule has 0 heterocycles. The number of rotatable bonds is 6. The van der Waals surface area contributed by atoms with Crippen LogP contribution in [0.5, 0.6) is 0 Å². The van der Waals surface area contributed by atoms with Crippen molar-refractivity contribution in [3.05, 3.63) is 29.3 Å². The van der Waals surface area contributed by atoms with Gasteiger partial charge >= 0.3 is 0 Å². The fourth-order valence-corrected chi connectivity index (χ4v) is 3.05. The van der Waals surface area contributed by atoms with Crippen molar-refractivity contribution >= 4 is 10.0 Å². The molecular weight excluding hydrogens is 260 g/mol. The van der Waals surface area contributed by atoms with Crippen molar-refractivity contribution < 1.29 is 8.42 Å². The molecule has 0 saturated carbocycles. The van der Waals surface area contributed by atoms with Crippen molar-refractivity contribution in [2.75, 3.05) is 27.2 Å². The van der Waals surface area contributed by atoms with Crippen LogP contribution in [-0.4, -0.2) is 40.5 Å². The van der Waals surface area contributed by atoms with E-state index >= 15 is 0 Å². The van der Waals surface area contributed by atoms with Crippen molar-refractivity contribution in [2.24, 2.45) is 0 Å². The van der Waals surface area contributed by atoms with Gasteiger partial charge in [0.25, 0.3) is 0 Å². The molecule has 0 aliphatic rings. The maximum absolute atomic E-state index is 12.3. The van der Waals surface area contributed by atoms with Crippen molar-refractivity contribution in [1.29, 1.82) is 0 Å². The average molecular weight is 284 g/mol. The molecule has 0 atom stereocenters. The molecule has 1 aromatic rings. The van der Waals surface area contributed by atoms with Crippen LogP contribution in [0.2, 0.25) is 0 Å². The first kappa shape index (κ1) is 16.1. The van der Waals surface area contributed by atoms with Gasteiger partial charge in [0.1, 0.15) is 0 Å². The lowest BCUT2D eigenvalue weighted by atomic mass is 10.0. The smallest absolute Gasteiger partial charge is 0.240 e. The second-order valence-corrected chi connectivity index (χ2v) is 7.12. The first-order chi connectivity index (χ1) is 8.74. The van der Waals surface area contributed by atoms with Gasteiger partial charge in [0.15, 0.2) is 0 Å². The maximum atomic E-state index is 12.3. The molecule has 0 amide bonds. The molecule has 19 heavy (non-hydrogen) atoms. The van der Waals surface area contributed by atoms with Crippen LogP contribution in [0.1, 0.15) is 30.9 Å². The van der Waals surface area contributed by atoms with Crippen molar-refractivity contribution in [3.8, 4) is 0 Å². The lowest BCUT2D eigenvalue weighted by Gasteiger charge is -2.14. The minimum absolute atomic E-state index is 0.316. The van der Waals surface area contributed by atoms with E-state index < -0.39 is 10.0 Å². The first-order valence-corrected chi connectivity index (χ1v) is 7.97. The van der Waals surface area contributed by atoms with Crippen molar-refractivity contribution in [3.63, 3.8) is 0 Å². The number of likely N-dealkylation sites (N-methyl/N-ethyl adjacent to an activating group) is 1. The number of hydrogen-bond acceptors (Lipinski definition) is 3. The Morgan fingerprint density at radius 2 is 1.89 bits per heavy atom. The van der Waals surface area contributed by atoms with Gasteiger partial charge in [-0.1, -0.05) is 26.0 Å². The Morgan fingerprint density at radius 1 is 1.26 bits per heavy atom. The van der Waals surface area contributed by atoms with E-state index in [0.717, 1.165) is 11.1 Å². The molecule has 0 radical (unpaired) electrons. The number of aryl methyl sites for hydroxylation is 1. The van der Waals surface area contributed by atoms with Crippen LogP contribution in [0.4, 0.5) is 0 Å². The zero-order valence-electron chi connectivity index (χ0n) is 12.4. The molecule has 5 heteroatoms.